The fourth-order valence-corrected chi connectivity index (χ4v) is 2.40. The van der Waals surface area contributed by atoms with Gasteiger partial charge < -0.3 is 10.7 Å². The second-order valence-corrected chi connectivity index (χ2v) is 5.25. The lowest BCUT2D eigenvalue weighted by molar-refractivity contribution is 0.0940. The van der Waals surface area contributed by atoms with Crippen LogP contribution in [-0.4, -0.2) is 5.91 Å². The van der Waals surface area contributed by atoms with E-state index in [-0.39, 0.29) is 11.9 Å². The van der Waals surface area contributed by atoms with Crippen molar-refractivity contribution in [2.45, 2.75) is 26.8 Å². The third-order valence-corrected chi connectivity index (χ3v) is 3.58. The van der Waals surface area contributed by atoms with Gasteiger partial charge >= 0.3 is 0 Å². The van der Waals surface area contributed by atoms with Crippen molar-refractivity contribution in [3.05, 3.63) is 64.7 Å². The van der Waals surface area contributed by atoms with E-state index in [2.05, 4.69) is 10.7 Å². The van der Waals surface area contributed by atoms with Crippen molar-refractivity contribution in [3.8, 4) is 0 Å². The van der Waals surface area contributed by atoms with Crippen LogP contribution in [0.25, 0.3) is 0 Å². The van der Waals surface area contributed by atoms with Crippen LogP contribution in [0.3, 0.4) is 0 Å². The number of aryl methyl sites for hydroxylation is 2. The molecular weight excluding hydrogens is 262 g/mol. The molecule has 2 aromatic carbocycles. The zero-order chi connectivity index (χ0) is 15.4. The summed E-state index contributed by atoms with van der Waals surface area (Å²) < 4.78 is 0. The Bertz CT molecular complexity index is 652. The maximum Gasteiger partial charge on any atom is 0.253 e. The summed E-state index contributed by atoms with van der Waals surface area (Å²) in [6.45, 7) is 5.97. The summed E-state index contributed by atoms with van der Waals surface area (Å²) in [6, 6.07) is 13.5. The van der Waals surface area contributed by atoms with Crippen LogP contribution in [0.1, 0.15) is 40.0 Å². The molecule has 21 heavy (non-hydrogen) atoms. The summed E-state index contributed by atoms with van der Waals surface area (Å²) in [5, 5.41) is 3.01. The highest BCUT2D eigenvalue weighted by molar-refractivity contribution is 5.99. The van der Waals surface area contributed by atoms with Crippen molar-refractivity contribution in [1.29, 1.82) is 0 Å². The van der Waals surface area contributed by atoms with Gasteiger partial charge in [-0.15, -0.1) is 0 Å². The normalized spacial score (nSPS) is 11.8. The molecule has 0 spiro atoms. The second kappa shape index (κ2) is 6.41. The highest BCUT2D eigenvalue weighted by Crippen LogP contribution is 2.20. The monoisotopic (exact) mass is 283 g/mol. The van der Waals surface area contributed by atoms with Gasteiger partial charge in [0, 0.05) is 0 Å². The number of hydrogen-bond donors (Lipinski definition) is 3. The van der Waals surface area contributed by atoms with Gasteiger partial charge in [-0.1, -0.05) is 30.3 Å². The molecule has 4 N–H and O–H groups in total. The number of amides is 1. The number of carbonyl (C=O) groups is 1. The predicted octanol–water partition coefficient (Wildman–Crippen LogP) is 3.08. The quantitative estimate of drug-likeness (QED) is 0.596. The highest BCUT2D eigenvalue weighted by atomic mass is 16.1. The molecule has 2 rings (SSSR count). The van der Waals surface area contributed by atoms with Crippen LogP contribution in [0.5, 0.6) is 0 Å². The molecule has 0 aliphatic carbocycles. The lowest BCUT2D eigenvalue weighted by Crippen LogP contribution is -2.28. The summed E-state index contributed by atoms with van der Waals surface area (Å²) in [5.41, 5.74) is 7.07. The first-order valence-electron chi connectivity index (χ1n) is 6.96. The van der Waals surface area contributed by atoms with Crippen molar-refractivity contribution in [1.82, 2.24) is 5.32 Å². The van der Waals surface area contributed by atoms with E-state index in [0.717, 1.165) is 16.7 Å². The van der Waals surface area contributed by atoms with Crippen molar-refractivity contribution < 1.29 is 4.79 Å². The summed E-state index contributed by atoms with van der Waals surface area (Å²) in [4.78, 5) is 12.4. The Labute approximate surface area is 125 Å². The van der Waals surface area contributed by atoms with E-state index in [1.165, 1.54) is 0 Å². The lowest BCUT2D eigenvalue weighted by atomic mass is 10.0. The Kier molecular flexibility index (Phi) is 4.60. The first-order chi connectivity index (χ1) is 10.0. The highest BCUT2D eigenvalue weighted by Gasteiger charge is 2.15. The Morgan fingerprint density at radius 3 is 2.52 bits per heavy atom. The van der Waals surface area contributed by atoms with Crippen LogP contribution in [0, 0.1) is 13.8 Å². The van der Waals surface area contributed by atoms with Crippen LogP contribution < -0.4 is 16.6 Å². The molecule has 4 heteroatoms. The molecule has 4 nitrogen and oxygen atoms in total. The maximum absolute atomic E-state index is 12.4. The molecular formula is C17H21N3O. The number of nitrogens with one attached hydrogen (secondary N) is 2. The van der Waals surface area contributed by atoms with E-state index in [1.807, 2.05) is 57.2 Å². The number of hydrazine groups is 1. The van der Waals surface area contributed by atoms with Crippen molar-refractivity contribution in [3.63, 3.8) is 0 Å². The lowest BCUT2D eigenvalue weighted by Gasteiger charge is -2.18. The number of carbonyl (C=O) groups excluding carboxylic acids is 1. The smallest absolute Gasteiger partial charge is 0.253 e. The Morgan fingerprint density at radius 1 is 1.14 bits per heavy atom. The number of nitrogens with two attached hydrogens (primary N) is 1. The number of rotatable bonds is 4. The summed E-state index contributed by atoms with van der Waals surface area (Å²) in [5.74, 6) is 5.35. The van der Waals surface area contributed by atoms with Gasteiger partial charge in [0.15, 0.2) is 0 Å². The average molecular weight is 283 g/mol. The van der Waals surface area contributed by atoms with Crippen molar-refractivity contribution >= 4 is 11.6 Å². The van der Waals surface area contributed by atoms with Gasteiger partial charge in [-0.05, 0) is 49.6 Å². The number of nitrogen functional groups attached to an aromatic ring is 1. The number of hydrogen-bond acceptors (Lipinski definition) is 3. The Balaban J connectivity index is 2.20. The van der Waals surface area contributed by atoms with Crippen LogP contribution >= 0.6 is 0 Å². The van der Waals surface area contributed by atoms with Gasteiger partial charge in [-0.25, -0.2) is 0 Å². The molecule has 1 unspecified atom stereocenters. The maximum atomic E-state index is 12.4. The number of benzene rings is 2. The second-order valence-electron chi connectivity index (χ2n) is 5.25. The fourth-order valence-electron chi connectivity index (χ4n) is 2.40. The van der Waals surface area contributed by atoms with Crippen LogP contribution in [-0.2, 0) is 0 Å². The van der Waals surface area contributed by atoms with E-state index in [9.17, 15) is 4.79 Å². The average Bonchev–Trinajstić information content (AvgIpc) is 2.47. The number of anilines is 1. The molecule has 0 aromatic heterocycles. The van der Waals surface area contributed by atoms with E-state index >= 15 is 0 Å². The molecule has 2 aromatic rings. The fraction of sp³-hybridized carbons (Fsp3) is 0.235. The summed E-state index contributed by atoms with van der Waals surface area (Å²) in [6.07, 6.45) is 0. The largest absolute Gasteiger partial charge is 0.345 e. The van der Waals surface area contributed by atoms with Crippen molar-refractivity contribution in [2.75, 3.05) is 5.43 Å². The van der Waals surface area contributed by atoms with E-state index < -0.39 is 0 Å². The molecule has 0 saturated carbocycles. The Hall–Kier alpha value is -2.33. The minimum absolute atomic E-state index is 0.0642. The third-order valence-electron chi connectivity index (χ3n) is 3.58. The molecule has 1 atom stereocenters. The first kappa shape index (κ1) is 15.1. The van der Waals surface area contributed by atoms with Gasteiger partial charge in [0.2, 0.25) is 0 Å². The summed E-state index contributed by atoms with van der Waals surface area (Å²) in [7, 11) is 0. The zero-order valence-corrected chi connectivity index (χ0v) is 12.6. The van der Waals surface area contributed by atoms with E-state index in [1.54, 1.807) is 6.07 Å². The minimum atomic E-state index is -0.140. The third kappa shape index (κ3) is 3.41. The molecule has 0 radical (unpaired) electrons. The Morgan fingerprint density at radius 2 is 1.86 bits per heavy atom. The van der Waals surface area contributed by atoms with Crippen molar-refractivity contribution in [2.24, 2.45) is 5.84 Å². The van der Waals surface area contributed by atoms with Gasteiger partial charge in [0.05, 0.1) is 17.3 Å². The van der Waals surface area contributed by atoms with Gasteiger partial charge in [0.1, 0.15) is 0 Å². The van der Waals surface area contributed by atoms with Crippen LogP contribution in [0.15, 0.2) is 42.5 Å². The molecule has 0 aliphatic rings. The van der Waals surface area contributed by atoms with Gasteiger partial charge in [-0.2, -0.15) is 0 Å². The molecule has 0 heterocycles. The minimum Gasteiger partial charge on any atom is -0.345 e. The predicted molar refractivity (Wildman–Crippen MR) is 86.0 cm³/mol. The molecule has 0 aliphatic heterocycles. The molecule has 0 bridgehead atoms. The molecule has 0 fully saturated rings. The standard InChI is InChI=1S/C17H21N3O/c1-11-8-9-15(16(10-11)20-18)17(21)19-13(3)14-7-5-4-6-12(14)2/h4-10,13,20H,18H2,1-3H3,(H,19,21). The first-order valence-corrected chi connectivity index (χ1v) is 6.96. The van der Waals surface area contributed by atoms with Gasteiger partial charge in [-0.3, -0.25) is 10.6 Å². The van der Waals surface area contributed by atoms with E-state index in [4.69, 9.17) is 5.84 Å². The van der Waals surface area contributed by atoms with Crippen LogP contribution in [0.4, 0.5) is 5.69 Å². The molecule has 1 amide bonds. The topological polar surface area (TPSA) is 67.2 Å². The van der Waals surface area contributed by atoms with Crippen LogP contribution in [0.2, 0.25) is 0 Å². The summed E-state index contributed by atoms with van der Waals surface area (Å²) >= 11 is 0. The molecule has 110 valence electrons. The van der Waals surface area contributed by atoms with Gasteiger partial charge in [0.25, 0.3) is 5.91 Å². The molecule has 0 saturated heterocycles. The van der Waals surface area contributed by atoms with E-state index in [0.29, 0.717) is 11.3 Å². The SMILES string of the molecule is Cc1ccc(C(=O)NC(C)c2ccccc2C)c(NN)c1. The zero-order valence-electron chi connectivity index (χ0n) is 12.6.